The molecule has 3 aromatic heterocycles. The van der Waals surface area contributed by atoms with Crippen LogP contribution < -0.4 is 10.2 Å². The van der Waals surface area contributed by atoms with Gasteiger partial charge in [0, 0.05) is 54.8 Å². The highest BCUT2D eigenvalue weighted by atomic mass is 32.1. The molecule has 0 saturated carbocycles. The number of anilines is 2. The topological polar surface area (TPSA) is 126 Å². The number of hydrogen-bond acceptors (Lipinski definition) is 11. The van der Waals surface area contributed by atoms with Gasteiger partial charge >= 0.3 is 6.09 Å². The van der Waals surface area contributed by atoms with E-state index in [1.807, 2.05) is 0 Å². The van der Waals surface area contributed by atoms with Gasteiger partial charge in [-0.1, -0.05) is 0 Å². The molecule has 4 aromatic rings. The Hall–Kier alpha value is -4.03. The molecule has 7 rings (SSSR count). The van der Waals surface area contributed by atoms with E-state index in [2.05, 4.69) is 31.2 Å². The van der Waals surface area contributed by atoms with E-state index in [-0.39, 0.29) is 50.6 Å². The van der Waals surface area contributed by atoms with Crippen molar-refractivity contribution < 1.29 is 27.8 Å². The van der Waals surface area contributed by atoms with Crippen molar-refractivity contribution in [1.82, 2.24) is 19.9 Å². The van der Waals surface area contributed by atoms with Crippen LogP contribution in [0.3, 0.4) is 0 Å². The first-order valence-electron chi connectivity index (χ1n) is 15.7. The monoisotopic (exact) mass is 663 g/mol. The quantitative estimate of drug-likeness (QED) is 0.258. The van der Waals surface area contributed by atoms with Gasteiger partial charge in [0.1, 0.15) is 22.2 Å². The fraction of sp³-hybridized carbons (Fsp3) is 0.485. The lowest BCUT2D eigenvalue weighted by Gasteiger charge is -2.30. The number of thiophene rings is 1. The third kappa shape index (κ3) is 5.65. The van der Waals surface area contributed by atoms with Crippen LogP contribution in [0, 0.1) is 23.0 Å². The summed E-state index contributed by atoms with van der Waals surface area (Å²) in [5.41, 5.74) is 0.715. The van der Waals surface area contributed by atoms with Crippen LogP contribution in [0.5, 0.6) is 0 Å². The van der Waals surface area contributed by atoms with Gasteiger partial charge in [-0.3, -0.25) is 15.2 Å². The second kappa shape index (κ2) is 12.2. The largest absolute Gasteiger partial charge is 0.444 e. The van der Waals surface area contributed by atoms with Crippen molar-refractivity contribution >= 4 is 49.4 Å². The second-order valence-corrected chi connectivity index (χ2v) is 14.2. The van der Waals surface area contributed by atoms with Crippen molar-refractivity contribution in [2.75, 3.05) is 43.6 Å². The SMILES string of the molecule is COC[C@H]1CCCN1[C@@H]1CCN(c2ncc3c4c(c(-c5ncc(F)c6sc(NC(=O)OC(C)(C)C)c(C#N)c56)c(F)c3n2)COC4)C1. The number of nitrogens with one attached hydrogen (secondary N) is 1. The number of fused-ring (bicyclic) bond motifs is 4. The van der Waals surface area contributed by atoms with Gasteiger partial charge < -0.3 is 19.1 Å². The number of carbonyl (C=O) groups is 1. The lowest BCUT2D eigenvalue weighted by molar-refractivity contribution is 0.0636. The van der Waals surface area contributed by atoms with Crippen LogP contribution >= 0.6 is 11.3 Å². The molecule has 3 aliphatic rings. The maximum Gasteiger partial charge on any atom is 0.412 e. The number of carbonyl (C=O) groups excluding carboxylic acids is 1. The van der Waals surface area contributed by atoms with Crippen LogP contribution in [-0.2, 0) is 27.4 Å². The highest BCUT2D eigenvalue weighted by molar-refractivity contribution is 7.23. The number of hydrogen-bond donors (Lipinski definition) is 1. The van der Waals surface area contributed by atoms with Crippen LogP contribution in [0.4, 0.5) is 24.5 Å². The number of halogens is 2. The number of likely N-dealkylation sites (tertiary alicyclic amines) is 1. The first-order chi connectivity index (χ1) is 22.6. The van der Waals surface area contributed by atoms with E-state index in [9.17, 15) is 10.1 Å². The van der Waals surface area contributed by atoms with Crippen LogP contribution in [0.25, 0.3) is 32.2 Å². The number of benzene rings is 1. The second-order valence-electron chi connectivity index (χ2n) is 13.2. The molecule has 0 bridgehead atoms. The van der Waals surface area contributed by atoms with Gasteiger partial charge in [0.05, 0.1) is 42.0 Å². The molecule has 1 N–H and O–H groups in total. The number of methoxy groups -OCH3 is 1. The maximum atomic E-state index is 16.9. The number of nitriles is 1. The number of nitrogens with zero attached hydrogens (tertiary/aromatic N) is 6. The molecule has 0 aliphatic carbocycles. The van der Waals surface area contributed by atoms with Crippen molar-refractivity contribution in [2.24, 2.45) is 0 Å². The van der Waals surface area contributed by atoms with Crippen molar-refractivity contribution in [3.8, 4) is 17.3 Å². The molecular weight excluding hydrogens is 628 g/mol. The summed E-state index contributed by atoms with van der Waals surface area (Å²) in [6.07, 6.45) is 5.05. The standard InChI is InChI=1S/C33H35F2N7O4S/c1-33(2,3)46-32(43)40-30-19(10-36)25-28(37-12-23(34)29(25)47-30)24-22-16-45-15-21(22)20-11-38-31(39-27(20)26(24)35)41-9-7-17(13-41)42-8-5-6-18(42)14-44-4/h11-12,17-18H,5-9,13-16H2,1-4H3,(H,40,43)/t17-,18-/m1/s1. The zero-order valence-electron chi connectivity index (χ0n) is 26.7. The minimum atomic E-state index is -0.797. The third-order valence-electron chi connectivity index (χ3n) is 9.02. The van der Waals surface area contributed by atoms with Gasteiger partial charge in [0.15, 0.2) is 11.6 Å². The predicted molar refractivity (Wildman–Crippen MR) is 173 cm³/mol. The van der Waals surface area contributed by atoms with Crippen molar-refractivity contribution in [3.05, 3.63) is 40.7 Å². The van der Waals surface area contributed by atoms with E-state index in [0.29, 0.717) is 35.6 Å². The van der Waals surface area contributed by atoms with E-state index in [0.717, 1.165) is 62.0 Å². The van der Waals surface area contributed by atoms with Crippen molar-refractivity contribution in [1.29, 1.82) is 5.26 Å². The molecule has 0 radical (unpaired) electrons. The van der Waals surface area contributed by atoms with Crippen molar-refractivity contribution in [2.45, 2.75) is 70.9 Å². The minimum Gasteiger partial charge on any atom is -0.444 e. The Morgan fingerprint density at radius 2 is 2.00 bits per heavy atom. The number of aromatic nitrogens is 3. The number of pyridine rings is 1. The van der Waals surface area contributed by atoms with Crippen LogP contribution in [0.1, 0.15) is 56.7 Å². The van der Waals surface area contributed by atoms with E-state index >= 15 is 8.78 Å². The molecule has 2 atom stereocenters. The molecule has 6 heterocycles. The van der Waals surface area contributed by atoms with E-state index in [1.54, 1.807) is 34.1 Å². The summed E-state index contributed by atoms with van der Waals surface area (Å²) in [5.74, 6) is -0.920. The molecule has 2 saturated heterocycles. The summed E-state index contributed by atoms with van der Waals surface area (Å²) in [4.78, 5) is 31.0. The summed E-state index contributed by atoms with van der Waals surface area (Å²) in [5, 5.41) is 13.5. The molecule has 11 nitrogen and oxygen atoms in total. The summed E-state index contributed by atoms with van der Waals surface area (Å²) >= 11 is 0.867. The van der Waals surface area contributed by atoms with Gasteiger partial charge in [-0.15, -0.1) is 11.3 Å². The highest BCUT2D eigenvalue weighted by Crippen LogP contribution is 2.46. The summed E-state index contributed by atoms with van der Waals surface area (Å²) in [6, 6.07) is 2.79. The molecule has 1 aromatic carbocycles. The predicted octanol–water partition coefficient (Wildman–Crippen LogP) is 6.12. The first-order valence-corrected chi connectivity index (χ1v) is 16.5. The van der Waals surface area contributed by atoms with Gasteiger partial charge in [0.25, 0.3) is 0 Å². The lowest BCUT2D eigenvalue weighted by Crippen LogP contribution is -2.42. The van der Waals surface area contributed by atoms with Gasteiger partial charge in [-0.05, 0) is 57.7 Å². The third-order valence-corrected chi connectivity index (χ3v) is 10.1. The Morgan fingerprint density at radius 3 is 2.77 bits per heavy atom. The number of ether oxygens (including phenoxy) is 3. The summed E-state index contributed by atoms with van der Waals surface area (Å²) in [6.45, 7) is 8.62. The Labute approximate surface area is 274 Å². The van der Waals surface area contributed by atoms with Gasteiger partial charge in [-0.2, -0.15) is 5.26 Å². The molecule has 1 amide bonds. The fourth-order valence-electron chi connectivity index (χ4n) is 7.06. The number of rotatable bonds is 6. The Balaban J connectivity index is 1.31. The zero-order chi connectivity index (χ0) is 33.0. The van der Waals surface area contributed by atoms with Crippen LogP contribution in [0.2, 0.25) is 0 Å². The smallest absolute Gasteiger partial charge is 0.412 e. The first kappa shape index (κ1) is 31.6. The molecule has 2 fully saturated rings. The molecule has 3 aliphatic heterocycles. The van der Waals surface area contributed by atoms with E-state index < -0.39 is 23.3 Å². The van der Waals surface area contributed by atoms with Gasteiger partial charge in [-0.25, -0.2) is 23.5 Å². The Morgan fingerprint density at radius 1 is 1.19 bits per heavy atom. The lowest BCUT2D eigenvalue weighted by atomic mass is 9.94. The fourth-order valence-corrected chi connectivity index (χ4v) is 8.10. The van der Waals surface area contributed by atoms with Crippen LogP contribution in [0.15, 0.2) is 12.4 Å². The van der Waals surface area contributed by atoms with Crippen molar-refractivity contribution in [3.63, 3.8) is 0 Å². The van der Waals surface area contributed by atoms with E-state index in [1.165, 1.54) is 0 Å². The Kier molecular flexibility index (Phi) is 8.20. The zero-order valence-corrected chi connectivity index (χ0v) is 27.5. The average molecular weight is 664 g/mol. The molecule has 47 heavy (non-hydrogen) atoms. The average Bonchev–Trinajstić information content (AvgIpc) is 3.83. The minimum absolute atomic E-state index is 0.0369. The molecular formula is C33H35F2N7O4S. The van der Waals surface area contributed by atoms with Crippen LogP contribution in [-0.4, -0.2) is 77.0 Å². The molecule has 14 heteroatoms. The maximum absolute atomic E-state index is 16.9. The van der Waals surface area contributed by atoms with E-state index in [4.69, 9.17) is 19.2 Å². The normalized spacial score (nSPS) is 19.9. The Bertz CT molecular complexity index is 1940. The molecule has 0 spiro atoms. The van der Waals surface area contributed by atoms with Gasteiger partial charge in [0.2, 0.25) is 5.95 Å². The molecule has 246 valence electrons. The molecule has 0 unspecified atom stereocenters. The summed E-state index contributed by atoms with van der Waals surface area (Å²) < 4.78 is 48.8. The number of amides is 1. The highest BCUT2D eigenvalue weighted by Gasteiger charge is 2.36. The summed E-state index contributed by atoms with van der Waals surface area (Å²) in [7, 11) is 1.73.